The molecule has 0 aliphatic heterocycles. The molecule has 4 N–H and O–H groups in total. The van der Waals surface area contributed by atoms with Crippen LogP contribution in [0.4, 0.5) is 22.9 Å². The number of benzene rings is 2. The lowest BCUT2D eigenvalue weighted by Gasteiger charge is -2.14. The van der Waals surface area contributed by atoms with Crippen molar-refractivity contribution >= 4 is 33.8 Å². The Hall–Kier alpha value is -2.86. The molecule has 1 heterocycles. The van der Waals surface area contributed by atoms with Crippen LogP contribution in [0.15, 0.2) is 42.7 Å². The molecule has 1 aromatic heterocycles. The van der Waals surface area contributed by atoms with E-state index in [0.29, 0.717) is 5.69 Å². The number of nitrogens with one attached hydrogen (secondary N) is 2. The third-order valence-electron chi connectivity index (χ3n) is 4.18. The fourth-order valence-corrected chi connectivity index (χ4v) is 2.85. The molecule has 3 aromatic rings. The predicted molar refractivity (Wildman–Crippen MR) is 110 cm³/mol. The number of nitrogens with zero attached hydrogens (tertiary/aromatic N) is 3. The summed E-state index contributed by atoms with van der Waals surface area (Å²) in [6.45, 7) is 3.97. The largest absolute Gasteiger partial charge is 0.397 e. The summed E-state index contributed by atoms with van der Waals surface area (Å²) in [5.74, 6) is 0.756. The third kappa shape index (κ3) is 4.40. The quantitative estimate of drug-likeness (QED) is 0.446. The average Bonchev–Trinajstić information content (AvgIpc) is 2.59. The van der Waals surface area contributed by atoms with Crippen LogP contribution in [-0.4, -0.2) is 42.1 Å². The maximum Gasteiger partial charge on any atom is 0.141 e. The molecule has 0 aliphatic carbocycles. The van der Waals surface area contributed by atoms with Crippen LogP contribution in [0.25, 0.3) is 10.9 Å². The molecule has 0 fully saturated rings. The van der Waals surface area contributed by atoms with E-state index >= 15 is 0 Å². The number of hydrogen-bond donors (Lipinski definition) is 3. The normalized spacial score (nSPS) is 11.1. The van der Waals surface area contributed by atoms with E-state index in [0.717, 1.165) is 47.6 Å². The highest BCUT2D eigenvalue weighted by atomic mass is 15.1. The van der Waals surface area contributed by atoms with E-state index in [2.05, 4.69) is 58.7 Å². The Bertz CT molecular complexity index is 891. The Kier molecular flexibility index (Phi) is 5.53. The van der Waals surface area contributed by atoms with Crippen LogP contribution in [0.5, 0.6) is 0 Å². The van der Waals surface area contributed by atoms with Gasteiger partial charge in [0.05, 0.1) is 16.9 Å². The van der Waals surface area contributed by atoms with Gasteiger partial charge in [0.2, 0.25) is 0 Å². The molecule has 6 heteroatoms. The molecule has 0 atom stereocenters. The summed E-state index contributed by atoms with van der Waals surface area (Å²) in [5.41, 5.74) is 10.9. The van der Waals surface area contributed by atoms with E-state index < -0.39 is 0 Å². The molecule has 2 aromatic carbocycles. The van der Waals surface area contributed by atoms with Crippen molar-refractivity contribution in [2.45, 2.75) is 13.3 Å². The standard InChI is InChI=1S/C20H26N6/c1-14-6-4-7-15(10-14)25-20-16-11-17(21)19(12-18(16)23-13-24-20)22-8-5-9-26(2)3/h4,6-7,10-13,22H,5,8-9,21H2,1-3H3,(H,23,24,25). The number of rotatable bonds is 7. The van der Waals surface area contributed by atoms with Gasteiger partial charge in [0, 0.05) is 17.6 Å². The molecule has 0 bridgehead atoms. The highest BCUT2D eigenvalue weighted by Gasteiger charge is 2.08. The minimum absolute atomic E-state index is 0.699. The van der Waals surface area contributed by atoms with Crippen molar-refractivity contribution in [3.63, 3.8) is 0 Å². The summed E-state index contributed by atoms with van der Waals surface area (Å²) in [6.07, 6.45) is 2.63. The van der Waals surface area contributed by atoms with Crippen molar-refractivity contribution in [1.82, 2.24) is 14.9 Å². The van der Waals surface area contributed by atoms with E-state index in [9.17, 15) is 0 Å². The molecule has 0 saturated heterocycles. The van der Waals surface area contributed by atoms with Gasteiger partial charge in [0.15, 0.2) is 0 Å². The average molecular weight is 350 g/mol. The van der Waals surface area contributed by atoms with Gasteiger partial charge in [-0.25, -0.2) is 9.97 Å². The minimum Gasteiger partial charge on any atom is -0.397 e. The van der Waals surface area contributed by atoms with Gasteiger partial charge in [0.1, 0.15) is 12.1 Å². The molecule has 3 rings (SSSR count). The Morgan fingerprint density at radius 3 is 2.73 bits per heavy atom. The fraction of sp³-hybridized carbons (Fsp3) is 0.300. The van der Waals surface area contributed by atoms with E-state index in [1.54, 1.807) is 6.33 Å². The first-order valence-corrected chi connectivity index (χ1v) is 8.79. The SMILES string of the molecule is Cc1cccc(Nc2ncnc3cc(NCCCN(C)C)c(N)cc23)c1. The Balaban J connectivity index is 1.82. The number of aromatic nitrogens is 2. The van der Waals surface area contributed by atoms with E-state index in [4.69, 9.17) is 5.73 Å². The van der Waals surface area contributed by atoms with Crippen LogP contribution in [0.2, 0.25) is 0 Å². The maximum atomic E-state index is 6.26. The lowest BCUT2D eigenvalue weighted by atomic mass is 10.1. The molecule has 0 aliphatic rings. The zero-order valence-electron chi connectivity index (χ0n) is 15.6. The van der Waals surface area contributed by atoms with Gasteiger partial charge in [-0.3, -0.25) is 0 Å². The maximum absolute atomic E-state index is 6.26. The first-order valence-electron chi connectivity index (χ1n) is 8.79. The van der Waals surface area contributed by atoms with Crippen LogP contribution in [0.3, 0.4) is 0 Å². The van der Waals surface area contributed by atoms with Crippen molar-refractivity contribution in [2.75, 3.05) is 43.6 Å². The van der Waals surface area contributed by atoms with Gasteiger partial charge in [0.25, 0.3) is 0 Å². The summed E-state index contributed by atoms with van der Waals surface area (Å²) in [4.78, 5) is 11.0. The number of fused-ring (bicyclic) bond motifs is 1. The molecule has 0 radical (unpaired) electrons. The summed E-state index contributed by atoms with van der Waals surface area (Å²) in [5, 5.41) is 7.68. The van der Waals surface area contributed by atoms with Gasteiger partial charge in [-0.05, 0) is 63.8 Å². The van der Waals surface area contributed by atoms with Crippen molar-refractivity contribution in [3.05, 3.63) is 48.3 Å². The van der Waals surface area contributed by atoms with Crippen LogP contribution in [-0.2, 0) is 0 Å². The van der Waals surface area contributed by atoms with Gasteiger partial charge in [-0.2, -0.15) is 0 Å². The minimum atomic E-state index is 0.699. The van der Waals surface area contributed by atoms with E-state index in [1.165, 1.54) is 5.56 Å². The van der Waals surface area contributed by atoms with Crippen molar-refractivity contribution in [1.29, 1.82) is 0 Å². The smallest absolute Gasteiger partial charge is 0.141 e. The summed E-state index contributed by atoms with van der Waals surface area (Å²) in [7, 11) is 4.15. The molecule has 0 amide bonds. The van der Waals surface area contributed by atoms with Crippen LogP contribution >= 0.6 is 0 Å². The third-order valence-corrected chi connectivity index (χ3v) is 4.18. The van der Waals surface area contributed by atoms with E-state index in [-0.39, 0.29) is 0 Å². The molecule has 0 saturated carbocycles. The second kappa shape index (κ2) is 8.01. The highest BCUT2D eigenvalue weighted by molar-refractivity contribution is 5.96. The Morgan fingerprint density at radius 1 is 1.12 bits per heavy atom. The van der Waals surface area contributed by atoms with Gasteiger partial charge in [-0.15, -0.1) is 0 Å². The van der Waals surface area contributed by atoms with Crippen LogP contribution in [0.1, 0.15) is 12.0 Å². The van der Waals surface area contributed by atoms with E-state index in [1.807, 2.05) is 24.3 Å². The Labute approximate surface area is 154 Å². The zero-order valence-corrected chi connectivity index (χ0v) is 15.6. The zero-order chi connectivity index (χ0) is 18.5. The number of nitrogens with two attached hydrogens (primary N) is 1. The highest BCUT2D eigenvalue weighted by Crippen LogP contribution is 2.30. The lowest BCUT2D eigenvalue weighted by Crippen LogP contribution is -2.16. The summed E-state index contributed by atoms with van der Waals surface area (Å²) in [6, 6.07) is 12.1. The fourth-order valence-electron chi connectivity index (χ4n) is 2.85. The van der Waals surface area contributed by atoms with Gasteiger partial charge < -0.3 is 21.3 Å². The Morgan fingerprint density at radius 2 is 1.96 bits per heavy atom. The molecule has 0 unspecified atom stereocenters. The number of aryl methyl sites for hydroxylation is 1. The van der Waals surface area contributed by atoms with Crippen LogP contribution < -0.4 is 16.4 Å². The molecular weight excluding hydrogens is 324 g/mol. The van der Waals surface area contributed by atoms with Crippen molar-refractivity contribution in [2.24, 2.45) is 0 Å². The molecular formula is C20H26N6. The first-order chi connectivity index (χ1) is 12.5. The van der Waals surface area contributed by atoms with Gasteiger partial charge in [-0.1, -0.05) is 12.1 Å². The molecule has 6 nitrogen and oxygen atoms in total. The number of nitrogen functional groups attached to an aromatic ring is 1. The predicted octanol–water partition coefficient (Wildman–Crippen LogP) is 3.63. The molecule has 136 valence electrons. The monoisotopic (exact) mass is 350 g/mol. The second-order valence-electron chi connectivity index (χ2n) is 6.76. The van der Waals surface area contributed by atoms with Crippen molar-refractivity contribution in [3.8, 4) is 0 Å². The molecule has 26 heavy (non-hydrogen) atoms. The summed E-state index contributed by atoms with van der Waals surface area (Å²) >= 11 is 0. The van der Waals surface area contributed by atoms with Gasteiger partial charge >= 0.3 is 0 Å². The van der Waals surface area contributed by atoms with Crippen LogP contribution in [0, 0.1) is 6.92 Å². The van der Waals surface area contributed by atoms with Crippen molar-refractivity contribution < 1.29 is 0 Å². The lowest BCUT2D eigenvalue weighted by molar-refractivity contribution is 0.405. The summed E-state index contributed by atoms with van der Waals surface area (Å²) < 4.78 is 0. The number of anilines is 4. The second-order valence-corrected chi connectivity index (χ2v) is 6.76. The molecule has 0 spiro atoms. The topological polar surface area (TPSA) is 79.1 Å². The first kappa shape index (κ1) is 17.9. The number of hydrogen-bond acceptors (Lipinski definition) is 6.